The molecule has 0 saturated carbocycles. The summed E-state index contributed by atoms with van der Waals surface area (Å²) < 4.78 is 26.8. The van der Waals surface area contributed by atoms with Gasteiger partial charge in [-0.1, -0.05) is 12.1 Å². The van der Waals surface area contributed by atoms with Crippen molar-refractivity contribution in [2.75, 3.05) is 5.75 Å². The highest BCUT2D eigenvalue weighted by Crippen LogP contribution is 2.35. The van der Waals surface area contributed by atoms with E-state index in [1.807, 2.05) is 17.8 Å². The number of aliphatic hydroxyl groups excluding tert-OH is 1. The molecule has 0 fully saturated rings. The fourth-order valence-corrected chi connectivity index (χ4v) is 4.71. The fourth-order valence-electron chi connectivity index (χ4n) is 2.35. The summed E-state index contributed by atoms with van der Waals surface area (Å²) in [5.41, 5.74) is 1.50. The molecule has 5 heteroatoms. The maximum absolute atomic E-state index is 13.6. The molecule has 0 aliphatic carbocycles. The van der Waals surface area contributed by atoms with Gasteiger partial charge in [-0.3, -0.25) is 0 Å². The molecule has 0 spiro atoms. The number of halogens is 2. The lowest BCUT2D eigenvalue weighted by atomic mass is 10.1. The van der Waals surface area contributed by atoms with Crippen LogP contribution in [0.1, 0.15) is 27.0 Å². The van der Waals surface area contributed by atoms with Crippen LogP contribution in [0.25, 0.3) is 0 Å². The first-order chi connectivity index (χ1) is 9.65. The van der Waals surface area contributed by atoms with Crippen molar-refractivity contribution in [3.05, 3.63) is 56.8 Å². The summed E-state index contributed by atoms with van der Waals surface area (Å²) in [6.07, 6.45) is 0.369. The molecule has 106 valence electrons. The Hall–Kier alpha value is -0.910. The standard InChI is InChI=1S/C15H14F2OS2/c16-11-3-1-2-9(15(11)17)6-12(18)14-7-10-8-19-5-4-13(10)20-14/h1-3,7,12,18H,4-6,8H2. The summed E-state index contributed by atoms with van der Waals surface area (Å²) in [7, 11) is 0. The van der Waals surface area contributed by atoms with Crippen LogP contribution in [0.2, 0.25) is 0 Å². The fraction of sp³-hybridized carbons (Fsp3) is 0.333. The van der Waals surface area contributed by atoms with Crippen LogP contribution >= 0.6 is 23.1 Å². The van der Waals surface area contributed by atoms with E-state index in [-0.39, 0.29) is 12.0 Å². The minimum Gasteiger partial charge on any atom is -0.387 e. The quantitative estimate of drug-likeness (QED) is 0.921. The Morgan fingerprint density at radius 2 is 2.15 bits per heavy atom. The predicted molar refractivity (Wildman–Crippen MR) is 79.2 cm³/mol. The van der Waals surface area contributed by atoms with E-state index < -0.39 is 17.7 Å². The van der Waals surface area contributed by atoms with Gasteiger partial charge in [0.25, 0.3) is 0 Å². The lowest BCUT2D eigenvalue weighted by molar-refractivity contribution is 0.180. The number of rotatable bonds is 3. The second kappa shape index (κ2) is 5.84. The van der Waals surface area contributed by atoms with E-state index in [1.165, 1.54) is 22.6 Å². The van der Waals surface area contributed by atoms with Gasteiger partial charge in [-0.25, -0.2) is 8.78 Å². The molecule has 3 rings (SSSR count). The third-order valence-corrected chi connectivity index (χ3v) is 5.77. The van der Waals surface area contributed by atoms with Crippen molar-refractivity contribution in [2.45, 2.75) is 24.7 Å². The van der Waals surface area contributed by atoms with Crippen molar-refractivity contribution in [1.29, 1.82) is 0 Å². The van der Waals surface area contributed by atoms with E-state index in [0.29, 0.717) is 0 Å². The molecule has 0 amide bonds. The van der Waals surface area contributed by atoms with Crippen molar-refractivity contribution in [1.82, 2.24) is 0 Å². The summed E-state index contributed by atoms with van der Waals surface area (Å²) in [6, 6.07) is 6.09. The van der Waals surface area contributed by atoms with Crippen LogP contribution in [0.3, 0.4) is 0 Å². The van der Waals surface area contributed by atoms with Crippen LogP contribution in [-0.4, -0.2) is 10.9 Å². The van der Waals surface area contributed by atoms with Crippen molar-refractivity contribution in [3.63, 3.8) is 0 Å². The zero-order chi connectivity index (χ0) is 14.1. The molecule has 1 N–H and O–H groups in total. The lowest BCUT2D eigenvalue weighted by Crippen LogP contribution is -2.03. The van der Waals surface area contributed by atoms with E-state index in [2.05, 4.69) is 0 Å². The van der Waals surface area contributed by atoms with Crippen LogP contribution in [0.15, 0.2) is 24.3 Å². The number of aliphatic hydroxyl groups is 1. The van der Waals surface area contributed by atoms with Gasteiger partial charge < -0.3 is 5.11 Å². The maximum Gasteiger partial charge on any atom is 0.162 e. The van der Waals surface area contributed by atoms with Crippen molar-refractivity contribution in [3.8, 4) is 0 Å². The van der Waals surface area contributed by atoms with Gasteiger partial charge in [0, 0.05) is 21.9 Å². The van der Waals surface area contributed by atoms with Crippen LogP contribution in [0, 0.1) is 11.6 Å². The van der Waals surface area contributed by atoms with E-state index in [9.17, 15) is 13.9 Å². The summed E-state index contributed by atoms with van der Waals surface area (Å²) in [5.74, 6) is 0.369. The average molecular weight is 312 g/mol. The predicted octanol–water partition coefficient (Wildman–Crippen LogP) is 4.09. The Balaban J connectivity index is 1.80. The molecular formula is C15H14F2OS2. The van der Waals surface area contributed by atoms with Gasteiger partial charge in [0.2, 0.25) is 0 Å². The number of benzene rings is 1. The molecule has 1 nitrogen and oxygen atoms in total. The minimum atomic E-state index is -0.864. The van der Waals surface area contributed by atoms with E-state index in [4.69, 9.17) is 0 Å². The van der Waals surface area contributed by atoms with Crippen LogP contribution in [0.5, 0.6) is 0 Å². The van der Waals surface area contributed by atoms with E-state index in [1.54, 1.807) is 11.3 Å². The number of fused-ring (bicyclic) bond motifs is 1. The first-order valence-electron chi connectivity index (χ1n) is 6.45. The van der Waals surface area contributed by atoms with Crippen molar-refractivity contribution < 1.29 is 13.9 Å². The van der Waals surface area contributed by atoms with Crippen molar-refractivity contribution >= 4 is 23.1 Å². The molecule has 1 unspecified atom stereocenters. The Kier molecular flexibility index (Phi) is 4.10. The third-order valence-electron chi connectivity index (χ3n) is 3.42. The van der Waals surface area contributed by atoms with Crippen LogP contribution in [-0.2, 0) is 18.6 Å². The topological polar surface area (TPSA) is 20.2 Å². The van der Waals surface area contributed by atoms with E-state index in [0.717, 1.165) is 28.9 Å². The number of thiophene rings is 1. The molecule has 2 aromatic rings. The van der Waals surface area contributed by atoms with Gasteiger partial charge in [0.15, 0.2) is 11.6 Å². The number of aryl methyl sites for hydroxylation is 1. The highest BCUT2D eigenvalue weighted by atomic mass is 32.2. The Morgan fingerprint density at radius 1 is 1.30 bits per heavy atom. The molecule has 0 saturated heterocycles. The number of hydrogen-bond acceptors (Lipinski definition) is 3. The lowest BCUT2D eigenvalue weighted by Gasteiger charge is -2.09. The molecule has 0 radical (unpaired) electrons. The Bertz CT molecular complexity index is 601. The monoisotopic (exact) mass is 312 g/mol. The normalized spacial score (nSPS) is 15.9. The zero-order valence-electron chi connectivity index (χ0n) is 10.7. The van der Waals surface area contributed by atoms with Crippen LogP contribution in [0.4, 0.5) is 8.78 Å². The molecule has 2 heterocycles. The molecule has 1 atom stereocenters. The van der Waals surface area contributed by atoms with Gasteiger partial charge in [0.1, 0.15) is 0 Å². The molecular weight excluding hydrogens is 298 g/mol. The third kappa shape index (κ3) is 2.75. The highest BCUT2D eigenvalue weighted by Gasteiger charge is 2.19. The number of hydrogen-bond donors (Lipinski definition) is 1. The second-order valence-electron chi connectivity index (χ2n) is 4.83. The SMILES string of the molecule is OC(Cc1cccc(F)c1F)c1cc2c(s1)CCSC2. The maximum atomic E-state index is 13.6. The molecule has 1 aromatic heterocycles. The smallest absolute Gasteiger partial charge is 0.162 e. The summed E-state index contributed by atoms with van der Waals surface area (Å²) >= 11 is 3.48. The van der Waals surface area contributed by atoms with E-state index >= 15 is 0 Å². The summed E-state index contributed by atoms with van der Waals surface area (Å²) in [4.78, 5) is 2.17. The van der Waals surface area contributed by atoms with Gasteiger partial charge in [-0.05, 0) is 35.4 Å². The average Bonchev–Trinajstić information content (AvgIpc) is 2.88. The Morgan fingerprint density at radius 3 is 2.95 bits per heavy atom. The van der Waals surface area contributed by atoms with Gasteiger partial charge >= 0.3 is 0 Å². The second-order valence-corrected chi connectivity index (χ2v) is 7.11. The molecule has 1 aliphatic rings. The largest absolute Gasteiger partial charge is 0.387 e. The number of thioether (sulfide) groups is 1. The first kappa shape index (κ1) is 14.0. The first-order valence-corrected chi connectivity index (χ1v) is 8.42. The highest BCUT2D eigenvalue weighted by molar-refractivity contribution is 7.98. The molecule has 0 bridgehead atoms. The van der Waals surface area contributed by atoms with Gasteiger partial charge in [-0.2, -0.15) is 11.8 Å². The molecule has 20 heavy (non-hydrogen) atoms. The van der Waals surface area contributed by atoms with Crippen molar-refractivity contribution in [2.24, 2.45) is 0 Å². The van der Waals surface area contributed by atoms with Gasteiger partial charge in [0.05, 0.1) is 6.10 Å². The van der Waals surface area contributed by atoms with Gasteiger partial charge in [-0.15, -0.1) is 11.3 Å². The zero-order valence-corrected chi connectivity index (χ0v) is 12.4. The molecule has 1 aromatic carbocycles. The Labute approximate surface area is 124 Å². The minimum absolute atomic E-state index is 0.107. The molecule has 1 aliphatic heterocycles. The summed E-state index contributed by atoms with van der Waals surface area (Å²) in [5, 5.41) is 10.3. The van der Waals surface area contributed by atoms with Crippen LogP contribution < -0.4 is 0 Å². The summed E-state index contributed by atoms with van der Waals surface area (Å²) in [6.45, 7) is 0.